The standard InChI is InChI=1S/C29H27ClN4O7S/c1-4-39-28(37)25-16(2)32-29(42)33-26(25)19-7-5-6-8-23(19)40-15-24(35)34-31-14-18-10-12-22(41-18)17-9-11-21(30)20(13-17)27(36)38-3/h5-14,26H,4,15H2,1-3H3,(H,34,35)(H2,32,33,42)/t26-/m1/s1. The van der Waals surface area contributed by atoms with Crippen molar-refractivity contribution in [3.8, 4) is 17.1 Å². The van der Waals surface area contributed by atoms with Crippen LogP contribution >= 0.6 is 23.8 Å². The summed E-state index contributed by atoms with van der Waals surface area (Å²) in [6.45, 7) is 3.31. The number of hydrogen-bond acceptors (Lipinski definition) is 9. The Kier molecular flexibility index (Phi) is 9.94. The molecule has 11 nitrogen and oxygen atoms in total. The monoisotopic (exact) mass is 610 g/mol. The van der Waals surface area contributed by atoms with Crippen molar-refractivity contribution in [2.75, 3.05) is 20.3 Å². The molecule has 42 heavy (non-hydrogen) atoms. The number of furan rings is 1. The van der Waals surface area contributed by atoms with E-state index >= 15 is 0 Å². The summed E-state index contributed by atoms with van der Waals surface area (Å²) in [5.41, 5.74) is 4.71. The molecule has 0 bridgehead atoms. The third kappa shape index (κ3) is 7.14. The van der Waals surface area contributed by atoms with Crippen molar-refractivity contribution in [2.45, 2.75) is 19.9 Å². The first-order chi connectivity index (χ1) is 20.2. The van der Waals surface area contributed by atoms with Crippen LogP contribution in [0, 0.1) is 0 Å². The molecule has 0 saturated heterocycles. The molecule has 218 valence electrons. The van der Waals surface area contributed by atoms with Gasteiger partial charge in [0.2, 0.25) is 0 Å². The van der Waals surface area contributed by atoms with Gasteiger partial charge in [0, 0.05) is 16.8 Å². The molecule has 13 heteroatoms. The summed E-state index contributed by atoms with van der Waals surface area (Å²) in [5.74, 6) is -0.401. The zero-order chi connectivity index (χ0) is 30.2. The average molecular weight is 611 g/mol. The molecule has 3 N–H and O–H groups in total. The molecule has 0 fully saturated rings. The molecule has 1 aromatic heterocycles. The maximum Gasteiger partial charge on any atom is 0.339 e. The minimum atomic E-state index is -0.646. The lowest BCUT2D eigenvalue weighted by molar-refractivity contribution is -0.139. The van der Waals surface area contributed by atoms with E-state index in [-0.39, 0.29) is 23.8 Å². The van der Waals surface area contributed by atoms with Crippen molar-refractivity contribution >= 4 is 53.0 Å². The van der Waals surface area contributed by atoms with Gasteiger partial charge in [-0.25, -0.2) is 15.0 Å². The summed E-state index contributed by atoms with van der Waals surface area (Å²) in [7, 11) is 1.27. The number of methoxy groups -OCH3 is 1. The van der Waals surface area contributed by atoms with E-state index in [2.05, 4.69) is 21.2 Å². The van der Waals surface area contributed by atoms with Gasteiger partial charge in [0.05, 0.1) is 42.1 Å². The lowest BCUT2D eigenvalue weighted by Gasteiger charge is -2.30. The molecule has 0 unspecified atom stereocenters. The Morgan fingerprint density at radius 1 is 1.14 bits per heavy atom. The van der Waals surface area contributed by atoms with Gasteiger partial charge in [-0.2, -0.15) is 5.10 Å². The molecule has 2 aromatic carbocycles. The van der Waals surface area contributed by atoms with Gasteiger partial charge in [-0.1, -0.05) is 29.8 Å². The van der Waals surface area contributed by atoms with E-state index in [9.17, 15) is 14.4 Å². The quantitative estimate of drug-likeness (QED) is 0.132. The highest BCUT2D eigenvalue weighted by Crippen LogP contribution is 2.33. The summed E-state index contributed by atoms with van der Waals surface area (Å²) in [6.07, 6.45) is 1.32. The first-order valence-electron chi connectivity index (χ1n) is 12.7. The summed E-state index contributed by atoms with van der Waals surface area (Å²) in [6, 6.07) is 14.5. The number of esters is 2. The van der Waals surface area contributed by atoms with Gasteiger partial charge in [-0.05, 0) is 62.5 Å². The minimum Gasteiger partial charge on any atom is -0.483 e. The fraction of sp³-hybridized carbons (Fsp3) is 0.207. The zero-order valence-corrected chi connectivity index (χ0v) is 24.4. The number of nitrogens with one attached hydrogen (secondary N) is 3. The van der Waals surface area contributed by atoms with Crippen molar-refractivity contribution in [1.82, 2.24) is 16.1 Å². The van der Waals surface area contributed by atoms with E-state index in [1.165, 1.54) is 13.3 Å². The number of benzene rings is 2. The van der Waals surface area contributed by atoms with Crippen LogP contribution in [0.15, 0.2) is 75.4 Å². The molecular formula is C29H27ClN4O7S. The Labute approximate surface area is 251 Å². The Morgan fingerprint density at radius 3 is 2.69 bits per heavy atom. The van der Waals surface area contributed by atoms with Crippen LogP contribution in [0.4, 0.5) is 0 Å². The molecule has 0 spiro atoms. The molecule has 0 radical (unpaired) electrons. The fourth-order valence-electron chi connectivity index (χ4n) is 4.12. The van der Waals surface area contributed by atoms with Gasteiger partial charge in [0.1, 0.15) is 17.3 Å². The van der Waals surface area contributed by atoms with E-state index in [0.717, 1.165) is 0 Å². The molecule has 4 rings (SSSR count). The molecule has 1 aliphatic rings. The zero-order valence-electron chi connectivity index (χ0n) is 22.9. The second-order valence-corrected chi connectivity index (χ2v) is 9.61. The van der Waals surface area contributed by atoms with Gasteiger partial charge in [0.25, 0.3) is 5.91 Å². The van der Waals surface area contributed by atoms with Crippen LogP contribution in [-0.2, 0) is 19.1 Å². The van der Waals surface area contributed by atoms with Crippen molar-refractivity contribution < 1.29 is 33.0 Å². The Morgan fingerprint density at radius 2 is 1.93 bits per heavy atom. The van der Waals surface area contributed by atoms with Gasteiger partial charge < -0.3 is 29.3 Å². The van der Waals surface area contributed by atoms with E-state index in [4.69, 9.17) is 42.4 Å². The number of allylic oxidation sites excluding steroid dienone is 1. The summed E-state index contributed by atoms with van der Waals surface area (Å²) in [5, 5.41) is 10.5. The van der Waals surface area contributed by atoms with Gasteiger partial charge >= 0.3 is 11.9 Å². The number of nitrogens with zero attached hydrogens (tertiary/aromatic N) is 1. The van der Waals surface area contributed by atoms with Gasteiger partial charge in [0.15, 0.2) is 11.7 Å². The molecule has 1 amide bonds. The largest absolute Gasteiger partial charge is 0.483 e. The number of carbonyl (C=O) groups is 3. The first kappa shape index (κ1) is 30.3. The number of thiocarbonyl (C=S) groups is 1. The third-order valence-corrected chi connectivity index (χ3v) is 6.57. The van der Waals surface area contributed by atoms with Gasteiger partial charge in [-0.3, -0.25) is 4.79 Å². The minimum absolute atomic E-state index is 0.207. The van der Waals surface area contributed by atoms with Crippen LogP contribution in [0.3, 0.4) is 0 Å². The van der Waals surface area contributed by atoms with Crippen LogP contribution in [0.1, 0.15) is 41.6 Å². The van der Waals surface area contributed by atoms with Crippen molar-refractivity contribution in [3.63, 3.8) is 0 Å². The number of halogens is 1. The lowest BCUT2D eigenvalue weighted by Crippen LogP contribution is -2.45. The second kappa shape index (κ2) is 13.8. The molecule has 2 heterocycles. The van der Waals surface area contributed by atoms with E-state index < -0.39 is 23.9 Å². The first-order valence-corrected chi connectivity index (χ1v) is 13.5. The molecular weight excluding hydrogens is 584 g/mol. The van der Waals surface area contributed by atoms with Crippen molar-refractivity contribution in [3.05, 3.63) is 87.8 Å². The second-order valence-electron chi connectivity index (χ2n) is 8.80. The predicted octanol–water partition coefficient (Wildman–Crippen LogP) is 4.27. The molecule has 0 saturated carbocycles. The Hall–Kier alpha value is -4.68. The SMILES string of the molecule is CCOC(=O)C1=C(C)NC(=S)N[C@@H]1c1ccccc1OCC(=O)NN=Cc1ccc(-c2ccc(Cl)c(C(=O)OC)c2)o1. The van der Waals surface area contributed by atoms with Crippen LogP contribution in [0.2, 0.25) is 5.02 Å². The van der Waals surface area contributed by atoms with Crippen LogP contribution in [0.25, 0.3) is 11.3 Å². The normalized spacial score (nSPS) is 14.7. The number of ether oxygens (including phenoxy) is 3. The average Bonchev–Trinajstić information content (AvgIpc) is 3.44. The van der Waals surface area contributed by atoms with Crippen LogP contribution in [-0.4, -0.2) is 49.5 Å². The summed E-state index contributed by atoms with van der Waals surface area (Å²) < 4.78 is 21.5. The molecule has 3 aromatic rings. The summed E-state index contributed by atoms with van der Waals surface area (Å²) >= 11 is 11.4. The molecule has 1 aliphatic heterocycles. The van der Waals surface area contributed by atoms with E-state index in [1.54, 1.807) is 68.4 Å². The van der Waals surface area contributed by atoms with E-state index in [0.29, 0.717) is 44.8 Å². The summed E-state index contributed by atoms with van der Waals surface area (Å²) in [4.78, 5) is 37.1. The number of rotatable bonds is 10. The van der Waals surface area contributed by atoms with E-state index in [1.807, 2.05) is 0 Å². The van der Waals surface area contributed by atoms with Crippen LogP contribution in [0.5, 0.6) is 5.75 Å². The Balaban J connectivity index is 1.40. The number of hydrogen-bond donors (Lipinski definition) is 3. The van der Waals surface area contributed by atoms with Crippen molar-refractivity contribution in [2.24, 2.45) is 5.10 Å². The lowest BCUT2D eigenvalue weighted by atomic mass is 9.95. The maximum atomic E-state index is 12.7. The van der Waals surface area contributed by atoms with Gasteiger partial charge in [-0.15, -0.1) is 0 Å². The number of hydrazone groups is 1. The predicted molar refractivity (Wildman–Crippen MR) is 159 cm³/mol. The number of carbonyl (C=O) groups excluding carboxylic acids is 3. The van der Waals surface area contributed by atoms with Crippen molar-refractivity contribution in [1.29, 1.82) is 0 Å². The fourth-order valence-corrected chi connectivity index (χ4v) is 4.59. The molecule has 0 aliphatic carbocycles. The highest BCUT2D eigenvalue weighted by molar-refractivity contribution is 7.80. The Bertz CT molecular complexity index is 1580. The topological polar surface area (TPSA) is 140 Å². The smallest absolute Gasteiger partial charge is 0.339 e. The molecule has 1 atom stereocenters. The maximum absolute atomic E-state index is 12.7. The third-order valence-electron chi connectivity index (χ3n) is 6.02. The number of para-hydroxylation sites is 1. The highest BCUT2D eigenvalue weighted by atomic mass is 35.5. The van der Waals surface area contributed by atoms with Crippen LogP contribution < -0.4 is 20.8 Å². The number of amides is 1. The highest BCUT2D eigenvalue weighted by Gasteiger charge is 2.32.